The molecule has 4 heterocycles. The van der Waals surface area contributed by atoms with Crippen LogP contribution in [0.2, 0.25) is 0 Å². The summed E-state index contributed by atoms with van der Waals surface area (Å²) < 4.78 is 7.19. The normalized spacial score (nSPS) is 17.8. The minimum atomic E-state index is 0.0772. The Morgan fingerprint density at radius 1 is 1.11 bits per heavy atom. The molecule has 1 aromatic carbocycles. The van der Waals surface area contributed by atoms with E-state index in [1.165, 1.54) is 5.56 Å². The highest BCUT2D eigenvalue weighted by molar-refractivity contribution is 6.07. The first-order chi connectivity index (χ1) is 17.1. The number of amides is 1. The maximum atomic E-state index is 14.1. The predicted octanol–water partition coefficient (Wildman–Crippen LogP) is 4.86. The Bertz CT molecular complexity index is 1390. The van der Waals surface area contributed by atoms with Gasteiger partial charge in [-0.3, -0.25) is 4.79 Å². The van der Waals surface area contributed by atoms with Gasteiger partial charge in [0.05, 0.1) is 23.8 Å². The van der Waals surface area contributed by atoms with Crippen LogP contribution >= 0.6 is 0 Å². The molecule has 178 valence electrons. The fraction of sp³-hybridized carbons (Fsp3) is 0.357. The second-order valence-electron chi connectivity index (χ2n) is 9.60. The van der Waals surface area contributed by atoms with Crippen molar-refractivity contribution in [1.82, 2.24) is 24.6 Å². The standard InChI is InChI=1S/C28H29N5O2/c1-18-26-23(28(34)32-14-6-8-21(32)15-19-7-5-9-22(16-19)35-2)17-24(20-11-12-20)30-27(26)33(31-18)25-10-3-4-13-29-25/h3-5,7,9-10,13,16-17,20-21H,6,8,11-12,14-15H2,1-2H3. The van der Waals surface area contributed by atoms with Gasteiger partial charge >= 0.3 is 0 Å². The van der Waals surface area contributed by atoms with Gasteiger partial charge in [-0.15, -0.1) is 0 Å². The van der Waals surface area contributed by atoms with Crippen LogP contribution in [-0.2, 0) is 6.42 Å². The number of methoxy groups -OCH3 is 1. The molecule has 1 unspecified atom stereocenters. The highest BCUT2D eigenvalue weighted by Gasteiger charge is 2.34. The van der Waals surface area contributed by atoms with Crippen molar-refractivity contribution in [2.24, 2.45) is 0 Å². The van der Waals surface area contributed by atoms with Gasteiger partial charge in [-0.25, -0.2) is 9.97 Å². The van der Waals surface area contributed by atoms with E-state index in [2.05, 4.69) is 22.0 Å². The molecule has 0 spiro atoms. The molecule has 35 heavy (non-hydrogen) atoms. The van der Waals surface area contributed by atoms with Crippen LogP contribution in [0, 0.1) is 6.92 Å². The third kappa shape index (κ3) is 4.05. The molecule has 7 nitrogen and oxygen atoms in total. The van der Waals surface area contributed by atoms with Gasteiger partial charge in [0, 0.05) is 30.4 Å². The third-order valence-electron chi connectivity index (χ3n) is 7.17. The lowest BCUT2D eigenvalue weighted by Gasteiger charge is -2.25. The number of hydrogen-bond acceptors (Lipinski definition) is 5. The van der Waals surface area contributed by atoms with Crippen molar-refractivity contribution in [3.8, 4) is 11.6 Å². The van der Waals surface area contributed by atoms with E-state index in [1.54, 1.807) is 18.0 Å². The molecule has 4 aromatic rings. The van der Waals surface area contributed by atoms with Crippen LogP contribution in [0.25, 0.3) is 16.9 Å². The van der Waals surface area contributed by atoms with Gasteiger partial charge in [-0.2, -0.15) is 9.78 Å². The lowest BCUT2D eigenvalue weighted by atomic mass is 10.0. The summed E-state index contributed by atoms with van der Waals surface area (Å²) in [6, 6.07) is 16.1. The van der Waals surface area contributed by atoms with E-state index in [1.807, 2.05) is 43.3 Å². The predicted molar refractivity (Wildman–Crippen MR) is 134 cm³/mol. The van der Waals surface area contributed by atoms with Gasteiger partial charge in [0.15, 0.2) is 11.5 Å². The highest BCUT2D eigenvalue weighted by Crippen LogP contribution is 2.41. The zero-order chi connectivity index (χ0) is 23.9. The number of benzene rings is 1. The number of likely N-dealkylation sites (tertiary alicyclic amines) is 1. The van der Waals surface area contributed by atoms with Crippen molar-refractivity contribution in [2.75, 3.05) is 13.7 Å². The van der Waals surface area contributed by atoms with Gasteiger partial charge in [-0.05, 0) is 74.9 Å². The molecule has 0 radical (unpaired) electrons. The maximum Gasteiger partial charge on any atom is 0.254 e. The number of nitrogens with zero attached hydrogens (tertiary/aromatic N) is 5. The Kier molecular flexibility index (Phi) is 5.47. The first-order valence-electron chi connectivity index (χ1n) is 12.4. The number of pyridine rings is 2. The SMILES string of the molecule is COc1cccc(CC2CCCN2C(=O)c2cc(C3CC3)nc3c2c(C)nn3-c2ccccn2)c1. The third-order valence-corrected chi connectivity index (χ3v) is 7.17. The maximum absolute atomic E-state index is 14.1. The summed E-state index contributed by atoms with van der Waals surface area (Å²) in [7, 11) is 1.68. The van der Waals surface area contributed by atoms with E-state index >= 15 is 0 Å². The summed E-state index contributed by atoms with van der Waals surface area (Å²) in [4.78, 5) is 25.6. The molecule has 1 saturated carbocycles. The first-order valence-corrected chi connectivity index (χ1v) is 12.4. The molecular weight excluding hydrogens is 438 g/mol. The summed E-state index contributed by atoms with van der Waals surface area (Å²) in [5, 5.41) is 5.59. The van der Waals surface area contributed by atoms with Crippen molar-refractivity contribution in [1.29, 1.82) is 0 Å². The highest BCUT2D eigenvalue weighted by atomic mass is 16.5. The van der Waals surface area contributed by atoms with Crippen LogP contribution in [-0.4, -0.2) is 50.3 Å². The van der Waals surface area contributed by atoms with E-state index < -0.39 is 0 Å². The molecule has 1 aliphatic carbocycles. The van der Waals surface area contributed by atoms with Crippen LogP contribution in [0.1, 0.15) is 58.9 Å². The molecule has 3 aromatic heterocycles. The topological polar surface area (TPSA) is 73.1 Å². The molecule has 0 N–H and O–H groups in total. The molecular formula is C28H29N5O2. The van der Waals surface area contributed by atoms with E-state index in [0.717, 1.165) is 66.8 Å². The number of fused-ring (bicyclic) bond motifs is 1. The lowest BCUT2D eigenvalue weighted by Crippen LogP contribution is -2.37. The smallest absolute Gasteiger partial charge is 0.254 e. The molecule has 2 aliphatic rings. The molecule has 7 heteroatoms. The van der Waals surface area contributed by atoms with E-state index in [4.69, 9.17) is 14.8 Å². The van der Waals surface area contributed by atoms with E-state index in [9.17, 15) is 4.79 Å². The van der Waals surface area contributed by atoms with Crippen LogP contribution in [0.4, 0.5) is 0 Å². The average molecular weight is 468 g/mol. The van der Waals surface area contributed by atoms with Crippen molar-refractivity contribution < 1.29 is 9.53 Å². The summed E-state index contributed by atoms with van der Waals surface area (Å²) >= 11 is 0. The Morgan fingerprint density at radius 3 is 2.77 bits per heavy atom. The molecule has 1 atom stereocenters. The average Bonchev–Trinajstić information content (AvgIpc) is 3.56. The van der Waals surface area contributed by atoms with Crippen molar-refractivity contribution in [3.05, 3.63) is 77.2 Å². The fourth-order valence-electron chi connectivity index (χ4n) is 5.25. The number of carbonyl (C=O) groups excluding carboxylic acids is 1. The largest absolute Gasteiger partial charge is 0.497 e. The monoisotopic (exact) mass is 467 g/mol. The van der Waals surface area contributed by atoms with Gasteiger partial charge in [0.1, 0.15) is 5.75 Å². The summed E-state index contributed by atoms with van der Waals surface area (Å²) in [5.41, 5.74) is 4.41. The number of aryl methyl sites for hydroxylation is 1. The van der Waals surface area contributed by atoms with Gasteiger partial charge in [0.2, 0.25) is 0 Å². The second kappa shape index (κ2) is 8.80. The van der Waals surface area contributed by atoms with Gasteiger partial charge in [0.25, 0.3) is 5.91 Å². The van der Waals surface area contributed by atoms with Crippen LogP contribution in [0.5, 0.6) is 5.75 Å². The van der Waals surface area contributed by atoms with Gasteiger partial charge in [-0.1, -0.05) is 18.2 Å². The Labute approximate surface area is 204 Å². The second-order valence-corrected chi connectivity index (χ2v) is 9.60. The number of rotatable bonds is 6. The molecule has 1 amide bonds. The van der Waals surface area contributed by atoms with Crippen molar-refractivity contribution in [3.63, 3.8) is 0 Å². The number of ether oxygens (including phenoxy) is 1. The minimum absolute atomic E-state index is 0.0772. The number of hydrogen-bond donors (Lipinski definition) is 0. The zero-order valence-electron chi connectivity index (χ0n) is 20.1. The molecule has 2 fully saturated rings. The minimum Gasteiger partial charge on any atom is -0.497 e. The van der Waals surface area contributed by atoms with Crippen LogP contribution < -0.4 is 4.74 Å². The fourth-order valence-corrected chi connectivity index (χ4v) is 5.25. The molecule has 1 saturated heterocycles. The van der Waals surface area contributed by atoms with E-state index in [0.29, 0.717) is 17.3 Å². The lowest BCUT2D eigenvalue weighted by molar-refractivity contribution is 0.0738. The summed E-state index contributed by atoms with van der Waals surface area (Å²) in [6.45, 7) is 2.72. The Hall–Kier alpha value is -3.74. The van der Waals surface area contributed by atoms with Crippen LogP contribution in [0.15, 0.2) is 54.7 Å². The Morgan fingerprint density at radius 2 is 2.00 bits per heavy atom. The molecule has 0 bridgehead atoms. The summed E-state index contributed by atoms with van der Waals surface area (Å²) in [6.07, 6.45) is 6.81. The first kappa shape index (κ1) is 21.8. The molecule has 6 rings (SSSR count). The number of carbonyl (C=O) groups is 1. The van der Waals surface area contributed by atoms with Gasteiger partial charge < -0.3 is 9.64 Å². The number of aromatic nitrogens is 4. The Balaban J connectivity index is 1.40. The zero-order valence-corrected chi connectivity index (χ0v) is 20.1. The molecule has 1 aliphatic heterocycles. The quantitative estimate of drug-likeness (QED) is 0.405. The van der Waals surface area contributed by atoms with Crippen molar-refractivity contribution in [2.45, 2.75) is 51.0 Å². The van der Waals surface area contributed by atoms with Crippen LogP contribution in [0.3, 0.4) is 0 Å². The summed E-state index contributed by atoms with van der Waals surface area (Å²) in [5.74, 6) is 2.06. The van der Waals surface area contributed by atoms with Crippen molar-refractivity contribution >= 4 is 16.9 Å². The van der Waals surface area contributed by atoms with E-state index in [-0.39, 0.29) is 11.9 Å².